The number of nitrogens with one attached hydrogen (secondary N) is 1. The predicted octanol–water partition coefficient (Wildman–Crippen LogP) is 1.45. The second-order valence-corrected chi connectivity index (χ2v) is 4.67. The van der Waals surface area contributed by atoms with Crippen LogP contribution in [-0.4, -0.2) is 26.4 Å². The summed E-state index contributed by atoms with van der Waals surface area (Å²) in [6.07, 6.45) is 6.63. The summed E-state index contributed by atoms with van der Waals surface area (Å²) in [6, 6.07) is 0.433. The van der Waals surface area contributed by atoms with Crippen molar-refractivity contribution in [2.75, 3.05) is 0 Å². The van der Waals surface area contributed by atoms with Crippen LogP contribution in [0.4, 0.5) is 0 Å². The van der Waals surface area contributed by atoms with Gasteiger partial charge in [-0.25, -0.2) is 0 Å². The third kappa shape index (κ3) is 2.92. The summed E-state index contributed by atoms with van der Waals surface area (Å²) < 4.78 is 0. The molecule has 0 amide bonds. The monoisotopic (exact) mass is 228 g/mol. The van der Waals surface area contributed by atoms with Crippen molar-refractivity contribution in [2.45, 2.75) is 43.6 Å². The molecule has 2 unspecified atom stereocenters. The summed E-state index contributed by atoms with van der Waals surface area (Å²) in [7, 11) is 1.83. The maximum Gasteiger partial charge on any atom is 0.0964 e. The van der Waals surface area contributed by atoms with E-state index in [2.05, 4.69) is 15.5 Å². The molecule has 1 aromatic heterocycles. The Labute approximate surface area is 95.0 Å². The van der Waals surface area contributed by atoms with Gasteiger partial charge in [0, 0.05) is 25.0 Å². The van der Waals surface area contributed by atoms with E-state index in [1.165, 1.54) is 19.3 Å². The van der Waals surface area contributed by atoms with Gasteiger partial charge in [-0.2, -0.15) is 15.0 Å². The Kier molecular flexibility index (Phi) is 3.59. The molecule has 1 aliphatic rings. The maximum atomic E-state index is 6.25. The number of aromatic nitrogens is 3. The van der Waals surface area contributed by atoms with Crippen molar-refractivity contribution in [3.8, 4) is 0 Å². The first-order valence-corrected chi connectivity index (χ1v) is 5.92. The highest BCUT2D eigenvalue weighted by Crippen LogP contribution is 2.23. The van der Waals surface area contributed by atoms with E-state index in [9.17, 15) is 0 Å². The average Bonchev–Trinajstić information content (AvgIpc) is 2.63. The Balaban J connectivity index is 1.81. The van der Waals surface area contributed by atoms with Crippen LogP contribution in [-0.2, 0) is 13.6 Å². The smallest absolute Gasteiger partial charge is 0.0964 e. The number of hydrogen-bond donors (Lipinski definition) is 1. The van der Waals surface area contributed by atoms with Crippen LogP contribution >= 0.6 is 11.6 Å². The molecule has 15 heavy (non-hydrogen) atoms. The summed E-state index contributed by atoms with van der Waals surface area (Å²) in [5, 5.41) is 12.0. The van der Waals surface area contributed by atoms with E-state index in [1.54, 1.807) is 11.0 Å². The zero-order valence-electron chi connectivity index (χ0n) is 8.99. The van der Waals surface area contributed by atoms with Gasteiger partial charge in [0.2, 0.25) is 0 Å². The van der Waals surface area contributed by atoms with Gasteiger partial charge in [0.25, 0.3) is 0 Å². The fourth-order valence-electron chi connectivity index (χ4n) is 2.02. The summed E-state index contributed by atoms with van der Waals surface area (Å²) in [4.78, 5) is 1.58. The first kappa shape index (κ1) is 10.9. The highest BCUT2D eigenvalue weighted by molar-refractivity contribution is 6.21. The minimum absolute atomic E-state index is 0.274. The molecule has 1 heterocycles. The van der Waals surface area contributed by atoms with Crippen LogP contribution in [0.25, 0.3) is 0 Å². The molecule has 0 saturated heterocycles. The Morgan fingerprint density at radius 2 is 2.33 bits per heavy atom. The molecule has 2 rings (SSSR count). The van der Waals surface area contributed by atoms with E-state index >= 15 is 0 Å². The van der Waals surface area contributed by atoms with Gasteiger partial charge in [-0.15, -0.1) is 11.6 Å². The summed E-state index contributed by atoms with van der Waals surface area (Å²) in [5.41, 5.74) is 0.979. The minimum Gasteiger partial charge on any atom is -0.307 e. The first-order chi connectivity index (χ1) is 7.25. The molecule has 0 aliphatic heterocycles. The molecule has 5 heteroatoms. The second kappa shape index (κ2) is 4.94. The van der Waals surface area contributed by atoms with E-state index in [0.717, 1.165) is 18.7 Å². The van der Waals surface area contributed by atoms with E-state index in [4.69, 9.17) is 11.6 Å². The van der Waals surface area contributed by atoms with Gasteiger partial charge in [-0.05, 0) is 12.8 Å². The van der Waals surface area contributed by atoms with Gasteiger partial charge >= 0.3 is 0 Å². The zero-order chi connectivity index (χ0) is 10.7. The van der Waals surface area contributed by atoms with Crippen molar-refractivity contribution >= 4 is 11.6 Å². The molecule has 2 atom stereocenters. The zero-order valence-corrected chi connectivity index (χ0v) is 9.74. The Morgan fingerprint density at radius 3 is 3.00 bits per heavy atom. The molecule has 1 saturated carbocycles. The number of rotatable bonds is 3. The maximum absolute atomic E-state index is 6.25. The van der Waals surface area contributed by atoms with Crippen LogP contribution in [0.2, 0.25) is 0 Å². The Morgan fingerprint density at radius 1 is 1.53 bits per heavy atom. The number of hydrogen-bond acceptors (Lipinski definition) is 3. The first-order valence-electron chi connectivity index (χ1n) is 5.48. The minimum atomic E-state index is 0.274. The Bertz CT molecular complexity index is 312. The fourth-order valence-corrected chi connectivity index (χ4v) is 2.39. The number of halogens is 1. The third-order valence-electron chi connectivity index (χ3n) is 2.87. The molecule has 1 N–H and O–H groups in total. The van der Waals surface area contributed by atoms with Crippen molar-refractivity contribution in [3.05, 3.63) is 11.9 Å². The van der Waals surface area contributed by atoms with Gasteiger partial charge in [0.05, 0.1) is 11.9 Å². The molecular formula is C10H17ClN4. The number of aryl methyl sites for hydroxylation is 1. The summed E-state index contributed by atoms with van der Waals surface area (Å²) in [5.74, 6) is 0. The van der Waals surface area contributed by atoms with E-state index in [1.807, 2.05) is 7.05 Å². The van der Waals surface area contributed by atoms with Crippen molar-refractivity contribution in [2.24, 2.45) is 7.05 Å². The molecule has 1 aromatic rings. The highest BCUT2D eigenvalue weighted by atomic mass is 35.5. The van der Waals surface area contributed by atoms with Crippen LogP contribution in [0.5, 0.6) is 0 Å². The largest absolute Gasteiger partial charge is 0.307 e. The van der Waals surface area contributed by atoms with Gasteiger partial charge in [0.1, 0.15) is 0 Å². The topological polar surface area (TPSA) is 42.7 Å². The van der Waals surface area contributed by atoms with Crippen LogP contribution in [0.3, 0.4) is 0 Å². The van der Waals surface area contributed by atoms with Crippen molar-refractivity contribution in [1.29, 1.82) is 0 Å². The molecular weight excluding hydrogens is 212 g/mol. The quantitative estimate of drug-likeness (QED) is 0.797. The van der Waals surface area contributed by atoms with Gasteiger partial charge in [-0.1, -0.05) is 12.8 Å². The molecule has 0 aromatic carbocycles. The van der Waals surface area contributed by atoms with Crippen LogP contribution in [0.15, 0.2) is 6.20 Å². The molecule has 1 aliphatic carbocycles. The second-order valence-electron chi connectivity index (χ2n) is 4.11. The van der Waals surface area contributed by atoms with E-state index < -0.39 is 0 Å². The lowest BCUT2D eigenvalue weighted by molar-refractivity contribution is 0.376. The van der Waals surface area contributed by atoms with Crippen molar-refractivity contribution in [3.63, 3.8) is 0 Å². The number of nitrogens with zero attached hydrogens (tertiary/aromatic N) is 3. The summed E-state index contributed by atoms with van der Waals surface area (Å²) in [6.45, 7) is 0.766. The average molecular weight is 229 g/mol. The van der Waals surface area contributed by atoms with Crippen LogP contribution in [0.1, 0.15) is 31.4 Å². The lowest BCUT2D eigenvalue weighted by Gasteiger charge is -2.27. The molecule has 0 bridgehead atoms. The van der Waals surface area contributed by atoms with E-state index in [0.29, 0.717) is 6.04 Å². The van der Waals surface area contributed by atoms with Gasteiger partial charge < -0.3 is 5.32 Å². The predicted molar refractivity (Wildman–Crippen MR) is 59.7 cm³/mol. The van der Waals surface area contributed by atoms with Crippen molar-refractivity contribution < 1.29 is 0 Å². The van der Waals surface area contributed by atoms with Crippen LogP contribution < -0.4 is 5.32 Å². The Hall–Kier alpha value is -0.610. The van der Waals surface area contributed by atoms with E-state index in [-0.39, 0.29) is 5.38 Å². The molecule has 1 fully saturated rings. The normalized spacial score (nSPS) is 26.8. The fraction of sp³-hybridized carbons (Fsp3) is 0.800. The highest BCUT2D eigenvalue weighted by Gasteiger charge is 2.22. The lowest BCUT2D eigenvalue weighted by atomic mass is 9.95. The third-order valence-corrected chi connectivity index (χ3v) is 3.40. The molecule has 0 spiro atoms. The lowest BCUT2D eigenvalue weighted by Crippen LogP contribution is -2.38. The van der Waals surface area contributed by atoms with Crippen LogP contribution in [0, 0.1) is 0 Å². The number of alkyl halides is 1. The molecule has 4 nitrogen and oxygen atoms in total. The van der Waals surface area contributed by atoms with Gasteiger partial charge in [0.15, 0.2) is 0 Å². The van der Waals surface area contributed by atoms with Crippen molar-refractivity contribution in [1.82, 2.24) is 20.3 Å². The summed E-state index contributed by atoms with van der Waals surface area (Å²) >= 11 is 6.25. The standard InChI is InChI=1S/C10H17ClN4/c1-15-13-7-8(14-15)6-12-10-5-3-2-4-9(10)11/h7,9-10,12H,2-6H2,1H3. The molecule has 0 radical (unpaired) electrons. The van der Waals surface area contributed by atoms with Gasteiger partial charge in [-0.3, -0.25) is 0 Å². The SMILES string of the molecule is Cn1ncc(CNC2CCCCC2Cl)n1. The molecule has 84 valence electrons.